The minimum Gasteiger partial charge on any atom is -0.489 e. The van der Waals surface area contributed by atoms with Gasteiger partial charge in [-0.05, 0) is 49.7 Å². The smallest absolute Gasteiger partial charge is 0.338 e. The first-order valence-electron chi connectivity index (χ1n) is 13.2. The second-order valence-corrected chi connectivity index (χ2v) is 12.0. The monoisotopic (exact) mass is 586 g/mol. The number of thioether (sulfide) groups is 1. The van der Waals surface area contributed by atoms with Gasteiger partial charge in [-0.2, -0.15) is 0 Å². The van der Waals surface area contributed by atoms with Gasteiger partial charge in [0.25, 0.3) is 0 Å². The number of ether oxygens (including phenoxy) is 2. The van der Waals surface area contributed by atoms with E-state index < -0.39 is 23.1 Å². The molecule has 41 heavy (non-hydrogen) atoms. The Hall–Kier alpha value is -4.15. The summed E-state index contributed by atoms with van der Waals surface area (Å²) in [5.74, 6) is -1.92. The van der Waals surface area contributed by atoms with Crippen molar-refractivity contribution in [2.45, 2.75) is 36.6 Å². The van der Waals surface area contributed by atoms with Crippen LogP contribution in [-0.4, -0.2) is 34.6 Å². The van der Waals surface area contributed by atoms with Crippen LogP contribution in [0.4, 0.5) is 5.69 Å². The van der Waals surface area contributed by atoms with Gasteiger partial charge < -0.3 is 14.5 Å². The molecule has 0 bridgehead atoms. The number of nitrogens with one attached hydrogen (secondary N) is 1. The molecule has 8 nitrogen and oxygen atoms in total. The molecular formula is C31H26N2O6S2. The van der Waals surface area contributed by atoms with Gasteiger partial charge in [-0.3, -0.25) is 14.4 Å². The number of aromatic amines is 1. The number of rotatable bonds is 7. The number of carbonyl (C=O) groups excluding carboxylic acids is 3. The molecule has 2 amide bonds. The Morgan fingerprint density at radius 3 is 2.41 bits per heavy atom. The lowest BCUT2D eigenvalue weighted by atomic mass is 9.82. The van der Waals surface area contributed by atoms with Gasteiger partial charge in [-0.1, -0.05) is 71.1 Å². The van der Waals surface area contributed by atoms with Crippen molar-refractivity contribution >= 4 is 46.6 Å². The molecular weight excluding hydrogens is 560 g/mol. The predicted octanol–water partition coefficient (Wildman–Crippen LogP) is 5.30. The third-order valence-corrected chi connectivity index (χ3v) is 9.63. The molecule has 0 aliphatic carbocycles. The summed E-state index contributed by atoms with van der Waals surface area (Å²) in [5.41, 5.74) is 3.60. The Balaban J connectivity index is 1.37. The summed E-state index contributed by atoms with van der Waals surface area (Å²) in [7, 11) is 0. The fourth-order valence-electron chi connectivity index (χ4n) is 5.28. The summed E-state index contributed by atoms with van der Waals surface area (Å²) >= 11 is 2.27. The largest absolute Gasteiger partial charge is 0.489 e. The summed E-state index contributed by atoms with van der Waals surface area (Å²) in [4.78, 5) is 56.9. The van der Waals surface area contributed by atoms with Crippen LogP contribution in [-0.2, 0) is 20.9 Å². The van der Waals surface area contributed by atoms with Crippen LogP contribution in [0.2, 0.25) is 0 Å². The number of anilines is 1. The van der Waals surface area contributed by atoms with Crippen LogP contribution >= 0.6 is 23.1 Å². The molecule has 0 spiro atoms. The second kappa shape index (κ2) is 11.0. The minimum atomic E-state index is -0.750. The van der Waals surface area contributed by atoms with E-state index >= 15 is 0 Å². The van der Waals surface area contributed by atoms with E-state index in [4.69, 9.17) is 9.47 Å². The lowest BCUT2D eigenvalue weighted by Gasteiger charge is -2.30. The number of imide groups is 1. The van der Waals surface area contributed by atoms with Crippen molar-refractivity contribution in [3.63, 3.8) is 0 Å². The number of esters is 1. The first-order valence-corrected chi connectivity index (χ1v) is 14.9. The van der Waals surface area contributed by atoms with E-state index in [0.29, 0.717) is 33.5 Å². The number of nitrogens with zero attached hydrogens (tertiary/aromatic N) is 1. The first-order chi connectivity index (χ1) is 19.9. The van der Waals surface area contributed by atoms with Crippen LogP contribution in [0.15, 0.2) is 82.6 Å². The Morgan fingerprint density at radius 2 is 1.68 bits per heavy atom. The van der Waals surface area contributed by atoms with E-state index in [1.54, 1.807) is 31.2 Å². The van der Waals surface area contributed by atoms with E-state index in [2.05, 4.69) is 4.98 Å². The summed E-state index contributed by atoms with van der Waals surface area (Å²) in [6.07, 6.45) is 0. The lowest BCUT2D eigenvalue weighted by Crippen LogP contribution is -2.32. The number of hydrogen-bond donors (Lipinski definition) is 1. The molecule has 0 radical (unpaired) electrons. The van der Waals surface area contributed by atoms with Crippen molar-refractivity contribution in [2.75, 3.05) is 11.5 Å². The molecule has 1 saturated heterocycles. The summed E-state index contributed by atoms with van der Waals surface area (Å²) in [6.45, 7) is 4.32. The van der Waals surface area contributed by atoms with Crippen molar-refractivity contribution in [2.24, 2.45) is 5.92 Å². The number of amides is 2. The van der Waals surface area contributed by atoms with Gasteiger partial charge in [-0.25, -0.2) is 9.69 Å². The SMILES string of the molecule is CCOC(=O)c1ccc(N2C(=O)C3Sc4[nH]c(=O)sc4C(c4ccccc4OCc4ccc(C)cc4)C3C2=O)cc1. The van der Waals surface area contributed by atoms with Gasteiger partial charge in [0.05, 0.1) is 28.8 Å². The zero-order valence-corrected chi connectivity index (χ0v) is 23.9. The maximum atomic E-state index is 14.1. The lowest BCUT2D eigenvalue weighted by molar-refractivity contribution is -0.122. The Labute approximate surface area is 244 Å². The number of aryl methyl sites for hydroxylation is 1. The standard InChI is InChI=1S/C31H26N2O6S2/c1-3-38-30(36)19-12-14-20(15-13-19)33-28(34)24-23(25-27(32-31(37)41-25)40-26(24)29(33)35)21-6-4-5-7-22(21)39-16-18-10-8-17(2)9-11-18/h4-15,23-24,26H,3,16H2,1-2H3,(H,32,37). The zero-order valence-electron chi connectivity index (χ0n) is 22.3. The molecule has 2 aliphatic rings. The number of thiazole rings is 1. The summed E-state index contributed by atoms with van der Waals surface area (Å²) in [6, 6.07) is 21.8. The van der Waals surface area contributed by atoms with Crippen molar-refractivity contribution in [1.29, 1.82) is 0 Å². The number of hydrogen-bond acceptors (Lipinski definition) is 8. The van der Waals surface area contributed by atoms with Gasteiger partial charge in [-0.15, -0.1) is 0 Å². The number of benzene rings is 3. The second-order valence-electron chi connectivity index (χ2n) is 9.84. The van der Waals surface area contributed by atoms with Crippen LogP contribution in [0.25, 0.3) is 0 Å². The third-order valence-electron chi connectivity index (χ3n) is 7.23. The zero-order chi connectivity index (χ0) is 28.7. The van der Waals surface area contributed by atoms with E-state index in [1.807, 2.05) is 55.5 Å². The molecule has 6 rings (SSSR count). The van der Waals surface area contributed by atoms with Crippen LogP contribution in [0.5, 0.6) is 5.75 Å². The van der Waals surface area contributed by atoms with E-state index in [1.165, 1.54) is 16.7 Å². The highest BCUT2D eigenvalue weighted by atomic mass is 32.2. The van der Waals surface area contributed by atoms with E-state index in [9.17, 15) is 19.2 Å². The summed E-state index contributed by atoms with van der Waals surface area (Å²) < 4.78 is 11.3. The van der Waals surface area contributed by atoms with Gasteiger partial charge in [0.15, 0.2) is 0 Å². The molecule has 4 aromatic rings. The fourth-order valence-corrected chi connectivity index (χ4v) is 7.79. The number of aromatic nitrogens is 1. The molecule has 1 aromatic heterocycles. The average Bonchev–Trinajstić information content (AvgIpc) is 3.47. The van der Waals surface area contributed by atoms with Gasteiger partial charge in [0.2, 0.25) is 11.8 Å². The molecule has 10 heteroatoms. The molecule has 208 valence electrons. The Bertz CT molecular complexity index is 1690. The van der Waals surface area contributed by atoms with Crippen LogP contribution in [0, 0.1) is 12.8 Å². The van der Waals surface area contributed by atoms with Gasteiger partial charge in [0.1, 0.15) is 17.6 Å². The fraction of sp³-hybridized carbons (Fsp3) is 0.226. The minimum absolute atomic E-state index is 0.239. The van der Waals surface area contributed by atoms with Crippen molar-refractivity contribution in [1.82, 2.24) is 4.98 Å². The quantitative estimate of drug-likeness (QED) is 0.232. The number of para-hydroxylation sites is 1. The first kappa shape index (κ1) is 27.0. The highest BCUT2D eigenvalue weighted by Gasteiger charge is 2.56. The average molecular weight is 587 g/mol. The van der Waals surface area contributed by atoms with E-state index in [-0.39, 0.29) is 23.3 Å². The number of carbonyl (C=O) groups is 3. The van der Waals surface area contributed by atoms with Crippen LogP contribution in [0.3, 0.4) is 0 Å². The Kier molecular flexibility index (Phi) is 7.27. The topological polar surface area (TPSA) is 106 Å². The maximum Gasteiger partial charge on any atom is 0.338 e. The third kappa shape index (κ3) is 4.98. The highest BCUT2D eigenvalue weighted by molar-refractivity contribution is 8.00. The molecule has 1 fully saturated rings. The number of H-pyrrole nitrogens is 1. The maximum absolute atomic E-state index is 14.1. The van der Waals surface area contributed by atoms with Crippen molar-refractivity contribution < 1.29 is 23.9 Å². The van der Waals surface area contributed by atoms with Crippen molar-refractivity contribution in [3.05, 3.63) is 110 Å². The normalized spacial score (nSPS) is 19.6. The molecule has 3 aromatic carbocycles. The van der Waals surface area contributed by atoms with Crippen LogP contribution < -0.4 is 14.5 Å². The molecule has 1 N–H and O–H groups in total. The summed E-state index contributed by atoms with van der Waals surface area (Å²) in [5, 5.41) is -0.139. The molecule has 2 aliphatic heterocycles. The Morgan fingerprint density at radius 1 is 0.951 bits per heavy atom. The molecule has 3 heterocycles. The molecule has 3 unspecified atom stereocenters. The van der Waals surface area contributed by atoms with Gasteiger partial charge >= 0.3 is 10.8 Å². The van der Waals surface area contributed by atoms with Crippen molar-refractivity contribution in [3.8, 4) is 5.75 Å². The predicted molar refractivity (Wildman–Crippen MR) is 157 cm³/mol. The van der Waals surface area contributed by atoms with E-state index in [0.717, 1.165) is 28.0 Å². The number of fused-ring (bicyclic) bond motifs is 2. The molecule has 3 atom stereocenters. The van der Waals surface area contributed by atoms with Crippen LogP contribution in [0.1, 0.15) is 44.8 Å². The highest BCUT2D eigenvalue weighted by Crippen LogP contribution is 2.54. The molecule has 0 saturated carbocycles. The van der Waals surface area contributed by atoms with Gasteiger partial charge in [0, 0.05) is 16.4 Å².